The van der Waals surface area contributed by atoms with E-state index in [9.17, 15) is 0 Å². The normalized spacial score (nSPS) is 17.1. The molecule has 0 aromatic carbocycles. The summed E-state index contributed by atoms with van der Waals surface area (Å²) in [6.07, 6.45) is 14.3. The van der Waals surface area contributed by atoms with Gasteiger partial charge in [0.25, 0.3) is 0 Å². The van der Waals surface area contributed by atoms with Gasteiger partial charge in [0, 0.05) is 23.3 Å². The molecule has 0 aliphatic heterocycles. The first kappa shape index (κ1) is 14.8. The second-order valence-electron chi connectivity index (χ2n) is 6.41. The summed E-state index contributed by atoms with van der Waals surface area (Å²) in [7, 11) is 2.66. The number of nitrogens with zero attached hydrogens (tertiary/aromatic N) is 5. The zero-order valence-electron chi connectivity index (χ0n) is 13.4. The fourth-order valence-electron chi connectivity index (χ4n) is 3.92. The quantitative estimate of drug-likeness (QED) is 0.679. The Morgan fingerprint density at radius 1 is 1.30 bits per heavy atom. The molecule has 5 nitrogen and oxygen atoms in total. The first-order valence-corrected chi connectivity index (χ1v) is 8.91. The third-order valence-corrected chi connectivity index (χ3v) is 5.50. The number of aromatic nitrogens is 5. The minimum Gasteiger partial charge on any atom is -0.317 e. The minimum absolute atomic E-state index is 0.509. The first-order chi connectivity index (χ1) is 11.3. The van der Waals surface area contributed by atoms with Gasteiger partial charge in [-0.05, 0) is 40.6 Å². The van der Waals surface area contributed by atoms with Crippen molar-refractivity contribution in [3.63, 3.8) is 0 Å². The van der Waals surface area contributed by atoms with Gasteiger partial charge in [0.05, 0.1) is 17.9 Å². The lowest BCUT2D eigenvalue weighted by Crippen LogP contribution is -2.17. The van der Waals surface area contributed by atoms with Crippen LogP contribution >= 0.6 is 9.39 Å². The second-order valence-corrected chi connectivity index (χ2v) is 6.97. The van der Waals surface area contributed by atoms with E-state index in [-0.39, 0.29) is 0 Å². The minimum atomic E-state index is 0.509. The Hall–Kier alpha value is -1.74. The van der Waals surface area contributed by atoms with Crippen LogP contribution in [-0.2, 0) is 0 Å². The molecule has 1 aliphatic carbocycles. The highest BCUT2D eigenvalue weighted by Gasteiger charge is 2.26. The fraction of sp³-hybridized carbons (Fsp3) is 0.471. The third-order valence-electron chi connectivity index (χ3n) is 5.09. The average Bonchev–Trinajstić information content (AvgIpc) is 3.30. The summed E-state index contributed by atoms with van der Waals surface area (Å²) < 4.78 is 4.11. The topological polar surface area (TPSA) is 48.5 Å². The molecule has 0 bridgehead atoms. The summed E-state index contributed by atoms with van der Waals surface area (Å²) >= 11 is 0. The van der Waals surface area contributed by atoms with Crippen LogP contribution in [0.3, 0.4) is 0 Å². The molecule has 2 atom stereocenters. The summed E-state index contributed by atoms with van der Waals surface area (Å²) in [5.74, 6) is 0.770. The van der Waals surface area contributed by atoms with Crippen molar-refractivity contribution < 1.29 is 0 Å². The Kier molecular flexibility index (Phi) is 3.90. The molecule has 23 heavy (non-hydrogen) atoms. The van der Waals surface area contributed by atoms with E-state index < -0.39 is 0 Å². The van der Waals surface area contributed by atoms with E-state index in [0.29, 0.717) is 6.04 Å². The fourth-order valence-corrected chi connectivity index (χ4v) is 4.21. The summed E-state index contributed by atoms with van der Waals surface area (Å²) in [6, 6.07) is 2.57. The highest BCUT2D eigenvalue weighted by molar-refractivity contribution is 7.14. The van der Waals surface area contributed by atoms with Crippen molar-refractivity contribution in [2.75, 3.05) is 0 Å². The van der Waals surface area contributed by atoms with Gasteiger partial charge in [0.2, 0.25) is 0 Å². The van der Waals surface area contributed by atoms with Crippen molar-refractivity contribution in [1.29, 1.82) is 0 Å². The van der Waals surface area contributed by atoms with Crippen LogP contribution < -0.4 is 0 Å². The van der Waals surface area contributed by atoms with Gasteiger partial charge in [-0.1, -0.05) is 19.8 Å². The molecule has 1 saturated carbocycles. The standard InChI is InChI=1S/C17H22N5P/c1-2-15(12-5-3-4-6-12)21-10-13(9-20-21)16-14-7-8-22(23)17(14)19-11-18-16/h7-12,15H,2-6,23H2,1H3. The molecule has 2 unspecified atom stereocenters. The van der Waals surface area contributed by atoms with Crippen molar-refractivity contribution in [3.05, 3.63) is 31.0 Å². The van der Waals surface area contributed by atoms with Crippen molar-refractivity contribution in [2.24, 2.45) is 5.92 Å². The Bertz CT molecular complexity index is 815. The third kappa shape index (κ3) is 2.57. The molecule has 3 aromatic heterocycles. The molecule has 0 spiro atoms. The van der Waals surface area contributed by atoms with Crippen LogP contribution in [0.5, 0.6) is 0 Å². The lowest BCUT2D eigenvalue weighted by atomic mass is 9.96. The van der Waals surface area contributed by atoms with Crippen molar-refractivity contribution in [1.82, 2.24) is 24.1 Å². The Morgan fingerprint density at radius 2 is 2.13 bits per heavy atom. The van der Waals surface area contributed by atoms with Crippen LogP contribution in [0.25, 0.3) is 22.3 Å². The Morgan fingerprint density at radius 3 is 2.91 bits per heavy atom. The van der Waals surface area contributed by atoms with Gasteiger partial charge in [-0.25, -0.2) is 9.97 Å². The van der Waals surface area contributed by atoms with E-state index in [2.05, 4.69) is 48.3 Å². The highest BCUT2D eigenvalue weighted by atomic mass is 31.0. The Labute approximate surface area is 138 Å². The highest BCUT2D eigenvalue weighted by Crippen LogP contribution is 2.36. The summed E-state index contributed by atoms with van der Waals surface area (Å²) in [5.41, 5.74) is 2.96. The predicted octanol–water partition coefficient (Wildman–Crippen LogP) is 4.07. The smallest absolute Gasteiger partial charge is 0.146 e. The molecule has 3 heterocycles. The molecule has 0 N–H and O–H groups in total. The molecule has 4 rings (SSSR count). The van der Waals surface area contributed by atoms with E-state index in [0.717, 1.165) is 34.6 Å². The van der Waals surface area contributed by atoms with Crippen molar-refractivity contribution in [3.8, 4) is 11.3 Å². The molecule has 1 fully saturated rings. The van der Waals surface area contributed by atoms with Gasteiger partial charge in [-0.15, -0.1) is 0 Å². The molecular formula is C17H22N5P. The summed E-state index contributed by atoms with van der Waals surface area (Å²) in [5, 5.41) is 5.73. The SMILES string of the molecule is CCC(C1CCCC1)n1cc(-c2ncnc3c2ccn3P)cn1. The van der Waals surface area contributed by atoms with Crippen LogP contribution in [0.15, 0.2) is 31.0 Å². The molecule has 3 aromatic rings. The van der Waals surface area contributed by atoms with Gasteiger partial charge >= 0.3 is 0 Å². The number of rotatable bonds is 4. The largest absolute Gasteiger partial charge is 0.317 e. The van der Waals surface area contributed by atoms with Crippen LogP contribution in [0, 0.1) is 5.92 Å². The molecule has 0 saturated heterocycles. The lowest BCUT2D eigenvalue weighted by Gasteiger charge is -2.22. The van der Waals surface area contributed by atoms with E-state index in [4.69, 9.17) is 0 Å². The second kappa shape index (κ2) is 6.04. The maximum absolute atomic E-state index is 4.67. The van der Waals surface area contributed by atoms with Gasteiger partial charge in [-0.2, -0.15) is 5.10 Å². The van der Waals surface area contributed by atoms with E-state index in [1.54, 1.807) is 6.33 Å². The van der Waals surface area contributed by atoms with Gasteiger partial charge in [0.15, 0.2) is 0 Å². The van der Waals surface area contributed by atoms with Crippen molar-refractivity contribution >= 4 is 20.4 Å². The Balaban J connectivity index is 1.71. The van der Waals surface area contributed by atoms with Crippen LogP contribution in [0.4, 0.5) is 0 Å². The number of fused-ring (bicyclic) bond motifs is 1. The maximum atomic E-state index is 4.67. The van der Waals surface area contributed by atoms with Crippen LogP contribution in [0.1, 0.15) is 45.1 Å². The first-order valence-electron chi connectivity index (χ1n) is 8.39. The van der Waals surface area contributed by atoms with E-state index >= 15 is 0 Å². The average molecular weight is 327 g/mol. The van der Waals surface area contributed by atoms with E-state index in [1.807, 2.05) is 16.7 Å². The predicted molar refractivity (Wildman–Crippen MR) is 95.1 cm³/mol. The number of hydrogen-bond donors (Lipinski definition) is 0. The van der Waals surface area contributed by atoms with Gasteiger partial charge < -0.3 is 4.34 Å². The molecule has 0 radical (unpaired) electrons. The monoisotopic (exact) mass is 327 g/mol. The summed E-state index contributed by atoms with van der Waals surface area (Å²) in [4.78, 5) is 8.85. The molecule has 0 amide bonds. The van der Waals surface area contributed by atoms with Gasteiger partial charge in [0.1, 0.15) is 12.0 Å². The zero-order chi connectivity index (χ0) is 15.8. The van der Waals surface area contributed by atoms with Crippen LogP contribution in [-0.4, -0.2) is 24.1 Å². The maximum Gasteiger partial charge on any atom is 0.146 e. The van der Waals surface area contributed by atoms with E-state index in [1.165, 1.54) is 25.7 Å². The molecule has 120 valence electrons. The molecular weight excluding hydrogens is 305 g/mol. The van der Waals surface area contributed by atoms with Crippen molar-refractivity contribution in [2.45, 2.75) is 45.1 Å². The molecule has 1 aliphatic rings. The van der Waals surface area contributed by atoms with Crippen LogP contribution in [0.2, 0.25) is 0 Å². The lowest BCUT2D eigenvalue weighted by molar-refractivity contribution is 0.301. The number of hydrogen-bond acceptors (Lipinski definition) is 3. The zero-order valence-corrected chi connectivity index (χ0v) is 14.5. The molecule has 6 heteroatoms. The van der Waals surface area contributed by atoms with Gasteiger partial charge in [-0.3, -0.25) is 4.68 Å². The summed E-state index contributed by atoms with van der Waals surface area (Å²) in [6.45, 7) is 2.27.